The van der Waals surface area contributed by atoms with Gasteiger partial charge in [-0.2, -0.15) is 0 Å². The Bertz CT molecular complexity index is 318. The summed E-state index contributed by atoms with van der Waals surface area (Å²) in [6.45, 7) is 0. The molecule has 0 aromatic heterocycles. The van der Waals surface area contributed by atoms with Gasteiger partial charge in [0.2, 0.25) is 6.04 Å². The van der Waals surface area contributed by atoms with E-state index in [4.69, 9.17) is 0 Å². The second-order valence-electron chi connectivity index (χ2n) is 4.58. The Labute approximate surface area is 118 Å². The van der Waals surface area contributed by atoms with E-state index in [9.17, 15) is 19.7 Å². The van der Waals surface area contributed by atoms with Crippen LogP contribution < -0.4 is 0 Å². The van der Waals surface area contributed by atoms with E-state index in [-0.39, 0.29) is 23.3 Å². The molecule has 0 saturated carbocycles. The third kappa shape index (κ3) is 9.29. The molecule has 0 aliphatic carbocycles. The van der Waals surface area contributed by atoms with Crippen molar-refractivity contribution in [2.75, 3.05) is 14.2 Å². The van der Waals surface area contributed by atoms with Crippen LogP contribution in [-0.4, -0.2) is 37.1 Å². The number of carbonyl (C=O) groups is 2. The van der Waals surface area contributed by atoms with Gasteiger partial charge in [-0.1, -0.05) is 6.42 Å². The quantitative estimate of drug-likeness (QED) is 0.250. The molecule has 0 aliphatic rings. The van der Waals surface area contributed by atoms with Crippen LogP contribution in [0.4, 0.5) is 0 Å². The summed E-state index contributed by atoms with van der Waals surface area (Å²) in [6, 6.07) is -0.627. The number of nitro groups is 1. The molecule has 0 aromatic rings. The molecule has 0 heterocycles. The molecule has 7 heteroatoms. The highest BCUT2D eigenvalue weighted by atomic mass is 16.6. The smallest absolute Gasteiger partial charge is 0.305 e. The monoisotopic (exact) mass is 289 g/mol. The third-order valence-corrected chi connectivity index (χ3v) is 3.09. The van der Waals surface area contributed by atoms with E-state index in [2.05, 4.69) is 9.47 Å². The second kappa shape index (κ2) is 11.2. The van der Waals surface area contributed by atoms with Crippen molar-refractivity contribution in [2.45, 2.75) is 57.4 Å². The summed E-state index contributed by atoms with van der Waals surface area (Å²) >= 11 is 0. The fourth-order valence-corrected chi connectivity index (χ4v) is 1.87. The molecule has 0 bridgehead atoms. The van der Waals surface area contributed by atoms with Crippen molar-refractivity contribution in [1.82, 2.24) is 0 Å². The van der Waals surface area contributed by atoms with Crippen molar-refractivity contribution in [2.24, 2.45) is 0 Å². The molecular formula is C13H23NO6. The average Bonchev–Trinajstić information content (AvgIpc) is 2.43. The van der Waals surface area contributed by atoms with Gasteiger partial charge in [0.1, 0.15) is 0 Å². The molecule has 0 radical (unpaired) electrons. The summed E-state index contributed by atoms with van der Waals surface area (Å²) in [7, 11) is 2.64. The molecule has 0 aromatic carbocycles. The van der Waals surface area contributed by atoms with Gasteiger partial charge in [0.25, 0.3) is 0 Å². The minimum Gasteiger partial charge on any atom is -0.469 e. The molecule has 7 nitrogen and oxygen atoms in total. The van der Waals surface area contributed by atoms with Gasteiger partial charge in [-0.15, -0.1) is 0 Å². The molecule has 0 spiro atoms. The Morgan fingerprint density at radius 3 is 1.95 bits per heavy atom. The van der Waals surface area contributed by atoms with Gasteiger partial charge in [0, 0.05) is 30.6 Å². The Balaban J connectivity index is 3.78. The second-order valence-corrected chi connectivity index (χ2v) is 4.58. The van der Waals surface area contributed by atoms with Gasteiger partial charge >= 0.3 is 11.9 Å². The van der Waals surface area contributed by atoms with Crippen molar-refractivity contribution in [3.05, 3.63) is 10.1 Å². The number of esters is 2. The van der Waals surface area contributed by atoms with E-state index >= 15 is 0 Å². The lowest BCUT2D eigenvalue weighted by Crippen LogP contribution is -2.19. The minimum absolute atomic E-state index is 0.211. The predicted molar refractivity (Wildman–Crippen MR) is 71.8 cm³/mol. The predicted octanol–water partition coefficient (Wildman–Crippen LogP) is 2.10. The van der Waals surface area contributed by atoms with E-state index in [1.54, 1.807) is 0 Å². The lowest BCUT2D eigenvalue weighted by Gasteiger charge is -2.08. The van der Waals surface area contributed by atoms with Crippen LogP contribution in [0, 0.1) is 10.1 Å². The van der Waals surface area contributed by atoms with Crippen LogP contribution >= 0.6 is 0 Å². The summed E-state index contributed by atoms with van der Waals surface area (Å²) in [6.07, 6.45) is 4.00. The Morgan fingerprint density at radius 1 is 0.950 bits per heavy atom. The van der Waals surface area contributed by atoms with Crippen LogP contribution in [0.1, 0.15) is 51.4 Å². The fourth-order valence-electron chi connectivity index (χ4n) is 1.87. The van der Waals surface area contributed by atoms with Gasteiger partial charge in [-0.3, -0.25) is 19.7 Å². The maximum absolute atomic E-state index is 10.9. The topological polar surface area (TPSA) is 95.7 Å². The highest BCUT2D eigenvalue weighted by Crippen LogP contribution is 2.14. The number of nitrogens with zero attached hydrogens (tertiary/aromatic N) is 1. The molecule has 0 amide bonds. The minimum atomic E-state index is -0.627. The van der Waals surface area contributed by atoms with Crippen LogP contribution in [-0.2, 0) is 19.1 Å². The van der Waals surface area contributed by atoms with E-state index in [1.165, 1.54) is 14.2 Å². The van der Waals surface area contributed by atoms with Crippen molar-refractivity contribution in [3.8, 4) is 0 Å². The first-order valence-electron chi connectivity index (χ1n) is 6.78. The first kappa shape index (κ1) is 18.3. The molecule has 116 valence electrons. The first-order valence-corrected chi connectivity index (χ1v) is 6.78. The Morgan fingerprint density at radius 2 is 1.45 bits per heavy atom. The van der Waals surface area contributed by atoms with Crippen molar-refractivity contribution >= 4 is 11.9 Å². The zero-order chi connectivity index (χ0) is 15.4. The number of hydrogen-bond acceptors (Lipinski definition) is 6. The highest BCUT2D eigenvalue weighted by Gasteiger charge is 2.19. The van der Waals surface area contributed by atoms with Gasteiger partial charge in [0.15, 0.2) is 0 Å². The first-order chi connectivity index (χ1) is 9.51. The third-order valence-electron chi connectivity index (χ3n) is 3.09. The van der Waals surface area contributed by atoms with Gasteiger partial charge in [0.05, 0.1) is 14.2 Å². The number of unbranched alkanes of at least 4 members (excludes halogenated alkanes) is 2. The van der Waals surface area contributed by atoms with E-state index in [0.717, 1.165) is 6.42 Å². The molecular weight excluding hydrogens is 266 g/mol. The number of hydrogen-bond donors (Lipinski definition) is 0. The van der Waals surface area contributed by atoms with Gasteiger partial charge in [-0.05, 0) is 19.3 Å². The Hall–Kier alpha value is -1.66. The number of methoxy groups -OCH3 is 2. The summed E-state index contributed by atoms with van der Waals surface area (Å²) in [4.78, 5) is 32.4. The van der Waals surface area contributed by atoms with E-state index < -0.39 is 6.04 Å². The molecule has 0 N–H and O–H groups in total. The zero-order valence-electron chi connectivity index (χ0n) is 12.1. The number of ether oxygens (including phenoxy) is 2. The average molecular weight is 289 g/mol. The maximum atomic E-state index is 10.9. The van der Waals surface area contributed by atoms with E-state index in [1.807, 2.05) is 0 Å². The molecule has 0 aliphatic heterocycles. The molecule has 1 atom stereocenters. The van der Waals surface area contributed by atoms with Crippen molar-refractivity contribution in [1.29, 1.82) is 0 Å². The number of carbonyl (C=O) groups excluding carboxylic acids is 2. The SMILES string of the molecule is COC(=O)CCCCCC(CCCC(=O)OC)[N+](=O)[O-]. The normalized spacial score (nSPS) is 11.7. The van der Waals surface area contributed by atoms with Gasteiger partial charge in [-0.25, -0.2) is 0 Å². The van der Waals surface area contributed by atoms with Crippen LogP contribution in [0.25, 0.3) is 0 Å². The number of rotatable bonds is 11. The lowest BCUT2D eigenvalue weighted by atomic mass is 10.0. The lowest BCUT2D eigenvalue weighted by molar-refractivity contribution is -0.524. The summed E-state index contributed by atoms with van der Waals surface area (Å²) in [5.74, 6) is -0.598. The zero-order valence-corrected chi connectivity index (χ0v) is 12.1. The fraction of sp³-hybridized carbons (Fsp3) is 0.846. The van der Waals surface area contributed by atoms with Crippen LogP contribution in [0.2, 0.25) is 0 Å². The van der Waals surface area contributed by atoms with Crippen molar-refractivity contribution in [3.63, 3.8) is 0 Å². The highest BCUT2D eigenvalue weighted by molar-refractivity contribution is 5.69. The van der Waals surface area contributed by atoms with Crippen LogP contribution in [0.15, 0.2) is 0 Å². The van der Waals surface area contributed by atoms with Crippen molar-refractivity contribution < 1.29 is 24.0 Å². The van der Waals surface area contributed by atoms with Crippen LogP contribution in [0.3, 0.4) is 0 Å². The molecule has 20 heavy (non-hydrogen) atoms. The summed E-state index contributed by atoms with van der Waals surface area (Å²) in [5.41, 5.74) is 0. The molecule has 0 saturated heterocycles. The maximum Gasteiger partial charge on any atom is 0.305 e. The van der Waals surface area contributed by atoms with E-state index in [0.29, 0.717) is 38.5 Å². The Kier molecular flexibility index (Phi) is 10.3. The standard InChI is InChI=1S/C13H23NO6/c1-19-12(15)9-5-3-4-7-11(14(17)18)8-6-10-13(16)20-2/h11H,3-10H2,1-2H3. The molecule has 0 fully saturated rings. The van der Waals surface area contributed by atoms with Gasteiger partial charge < -0.3 is 9.47 Å². The molecule has 0 rings (SSSR count). The largest absolute Gasteiger partial charge is 0.469 e. The summed E-state index contributed by atoms with van der Waals surface area (Å²) < 4.78 is 9.00. The van der Waals surface area contributed by atoms with Crippen LogP contribution in [0.5, 0.6) is 0 Å². The molecule has 1 unspecified atom stereocenters. The summed E-state index contributed by atoms with van der Waals surface area (Å²) in [5, 5.41) is 10.9.